The molecule has 1 N–H and O–H groups in total. The third-order valence-corrected chi connectivity index (χ3v) is 11.0. The molecule has 0 aromatic rings. The minimum Gasteiger partial charge on any atom is -0.385 e. The van der Waals surface area contributed by atoms with Gasteiger partial charge < -0.3 is 14.4 Å². The number of ketones is 1. The van der Waals surface area contributed by atoms with Crippen LogP contribution in [0, 0.1) is 22.2 Å². The monoisotopic (exact) mass is 821 g/mol. The summed E-state index contributed by atoms with van der Waals surface area (Å²) in [6.07, 6.45) is 26.9. The quantitative estimate of drug-likeness (QED) is 0.0833. The first-order valence-electron chi connectivity index (χ1n) is 23.0. The van der Waals surface area contributed by atoms with Crippen LogP contribution in [0.4, 0.5) is 0 Å². The molecular formula is C48H104N2O5S. The molecule has 8 heteroatoms. The lowest BCUT2D eigenvalue weighted by atomic mass is 9.85. The van der Waals surface area contributed by atoms with Crippen molar-refractivity contribution in [1.29, 1.82) is 0 Å². The van der Waals surface area contributed by atoms with Crippen molar-refractivity contribution < 1.29 is 22.7 Å². The van der Waals surface area contributed by atoms with Crippen molar-refractivity contribution in [1.82, 2.24) is 9.62 Å². The SMILES string of the molecule is CCC(C)(C)C.CCC(C)(C)CC(C)=O.CCC(C)(C)CNS(C)(=O)=O.CCC(C)C.CCCCCCCCCCCCCCCC(=O)N(C)CCCCOC. The number of hydrogen-bond acceptors (Lipinski definition) is 5. The molecule has 342 valence electrons. The number of carbonyl (C=O) groups is 2. The van der Waals surface area contributed by atoms with Crippen LogP contribution in [0.2, 0.25) is 0 Å². The molecule has 0 radical (unpaired) electrons. The third-order valence-electron chi connectivity index (χ3n) is 10.3. The summed E-state index contributed by atoms with van der Waals surface area (Å²) >= 11 is 0. The zero-order valence-corrected chi connectivity index (χ0v) is 42.3. The second-order valence-corrected chi connectivity index (χ2v) is 21.1. The van der Waals surface area contributed by atoms with Gasteiger partial charge in [-0.05, 0) is 54.8 Å². The molecule has 0 bridgehead atoms. The summed E-state index contributed by atoms with van der Waals surface area (Å²) in [6, 6.07) is 0. The molecule has 0 atom stereocenters. The van der Waals surface area contributed by atoms with Gasteiger partial charge in [0.05, 0.1) is 6.26 Å². The molecule has 0 saturated heterocycles. The molecule has 0 aromatic heterocycles. The lowest BCUT2D eigenvalue weighted by Crippen LogP contribution is -2.32. The molecule has 0 saturated carbocycles. The highest BCUT2D eigenvalue weighted by Gasteiger charge is 2.17. The number of amides is 1. The van der Waals surface area contributed by atoms with Gasteiger partial charge in [0.2, 0.25) is 15.9 Å². The number of Topliss-reactive ketones (excluding diaryl/α,β-unsaturated/α-hetero) is 1. The number of methoxy groups -OCH3 is 1. The van der Waals surface area contributed by atoms with Gasteiger partial charge in [0, 0.05) is 46.7 Å². The van der Waals surface area contributed by atoms with Crippen molar-refractivity contribution in [2.75, 3.05) is 40.1 Å². The molecule has 0 heterocycles. The molecule has 7 nitrogen and oxygen atoms in total. The fourth-order valence-corrected chi connectivity index (χ4v) is 5.11. The average molecular weight is 821 g/mol. The number of hydrogen-bond donors (Lipinski definition) is 1. The number of sulfonamides is 1. The number of rotatable bonds is 27. The summed E-state index contributed by atoms with van der Waals surface area (Å²) in [5.74, 6) is 1.48. The first-order chi connectivity index (χ1) is 25.8. The maximum absolute atomic E-state index is 12.0. The van der Waals surface area contributed by atoms with Gasteiger partial charge in [0.25, 0.3) is 0 Å². The molecule has 56 heavy (non-hydrogen) atoms. The van der Waals surface area contributed by atoms with Gasteiger partial charge in [-0.3, -0.25) is 4.79 Å². The molecule has 1 amide bonds. The minimum atomic E-state index is -3.02. The lowest BCUT2D eigenvalue weighted by molar-refractivity contribution is -0.130. The maximum Gasteiger partial charge on any atom is 0.222 e. The standard InChI is InChI=1S/C22H45NO2.C8H16O.C7H17NO2S.C6H14.C5H12/c1-4-5-6-7-8-9-10-11-12-13-14-15-16-19-22(24)23(2)20-17-18-21-25-3;1-5-8(3,4)6-7(2)9;1-5-7(2,3)6-8-11(4,9)10;1-5-6(2,3)4;1-4-5(2)3/h4-21H2,1-3H3;5-6H2,1-4H3;8H,5-6H2,1-4H3;5H2,1-4H3;5H,4H2,1-3H3. The Morgan fingerprint density at radius 1 is 0.661 bits per heavy atom. The molecule has 0 aliphatic heterocycles. The van der Waals surface area contributed by atoms with Crippen molar-refractivity contribution in [2.24, 2.45) is 22.2 Å². The van der Waals surface area contributed by atoms with E-state index in [1.807, 2.05) is 32.7 Å². The summed E-state index contributed by atoms with van der Waals surface area (Å²) in [4.78, 5) is 24.5. The van der Waals surface area contributed by atoms with E-state index < -0.39 is 10.0 Å². The van der Waals surface area contributed by atoms with Crippen LogP contribution in [0.25, 0.3) is 0 Å². The van der Waals surface area contributed by atoms with E-state index >= 15 is 0 Å². The number of nitrogens with zero attached hydrogens (tertiary/aromatic N) is 1. The first kappa shape index (κ1) is 64.2. The predicted octanol–water partition coefficient (Wildman–Crippen LogP) is 14.2. The van der Waals surface area contributed by atoms with Crippen LogP contribution >= 0.6 is 0 Å². The summed E-state index contributed by atoms with van der Waals surface area (Å²) in [5.41, 5.74) is 0.814. The topological polar surface area (TPSA) is 92.8 Å². The summed E-state index contributed by atoms with van der Waals surface area (Å²) in [6.45, 7) is 34.1. The van der Waals surface area contributed by atoms with E-state index in [0.717, 1.165) is 57.6 Å². The lowest BCUT2D eigenvalue weighted by Gasteiger charge is -2.21. The molecule has 0 aliphatic carbocycles. The summed E-state index contributed by atoms with van der Waals surface area (Å²) in [5, 5.41) is 0. The van der Waals surface area contributed by atoms with Gasteiger partial charge in [-0.25, -0.2) is 13.1 Å². The van der Waals surface area contributed by atoms with Crippen LogP contribution in [0.5, 0.6) is 0 Å². The van der Waals surface area contributed by atoms with Crippen LogP contribution < -0.4 is 4.72 Å². The van der Waals surface area contributed by atoms with Crippen molar-refractivity contribution >= 4 is 21.7 Å². The highest BCUT2D eigenvalue weighted by atomic mass is 32.2. The van der Waals surface area contributed by atoms with E-state index in [1.165, 1.54) is 96.1 Å². The molecule has 0 fully saturated rings. The summed E-state index contributed by atoms with van der Waals surface area (Å²) in [7, 11) is 0.636. The van der Waals surface area contributed by atoms with Gasteiger partial charge in [0.15, 0.2) is 0 Å². The Morgan fingerprint density at radius 2 is 1.05 bits per heavy atom. The van der Waals surface area contributed by atoms with Crippen LogP contribution in [-0.2, 0) is 24.3 Å². The Labute approximate surface area is 353 Å². The number of nitrogens with one attached hydrogen (secondary N) is 1. The van der Waals surface area contributed by atoms with E-state index in [9.17, 15) is 18.0 Å². The smallest absolute Gasteiger partial charge is 0.222 e. The van der Waals surface area contributed by atoms with E-state index in [4.69, 9.17) is 4.74 Å². The zero-order valence-electron chi connectivity index (χ0n) is 41.4. The minimum absolute atomic E-state index is 0.0586. The number of ether oxygens (including phenoxy) is 1. The van der Waals surface area contributed by atoms with Crippen LogP contribution in [0.3, 0.4) is 0 Å². The Hall–Kier alpha value is -0.990. The van der Waals surface area contributed by atoms with Gasteiger partial charge >= 0.3 is 0 Å². The van der Waals surface area contributed by atoms with Gasteiger partial charge in [-0.2, -0.15) is 0 Å². The van der Waals surface area contributed by atoms with E-state index in [-0.39, 0.29) is 10.8 Å². The van der Waals surface area contributed by atoms with Crippen LogP contribution in [-0.4, -0.2) is 65.1 Å². The molecule has 0 aliphatic rings. The van der Waals surface area contributed by atoms with Gasteiger partial charge in [0.1, 0.15) is 5.78 Å². The Morgan fingerprint density at radius 3 is 1.34 bits per heavy atom. The second kappa shape index (κ2) is 40.8. The molecule has 0 rings (SSSR count). The summed E-state index contributed by atoms with van der Waals surface area (Å²) < 4.78 is 28.9. The fraction of sp³-hybridized carbons (Fsp3) is 0.958. The fourth-order valence-electron chi connectivity index (χ4n) is 4.46. The maximum atomic E-state index is 12.0. The van der Waals surface area contributed by atoms with Crippen molar-refractivity contribution in [3.05, 3.63) is 0 Å². The van der Waals surface area contributed by atoms with Gasteiger partial charge in [-0.15, -0.1) is 0 Å². The molecular weight excluding hydrogens is 717 g/mol. The van der Waals surface area contributed by atoms with Crippen molar-refractivity contribution in [3.63, 3.8) is 0 Å². The normalized spacial score (nSPS) is 11.6. The first-order valence-corrected chi connectivity index (χ1v) is 24.9. The highest BCUT2D eigenvalue weighted by Crippen LogP contribution is 2.24. The Balaban J connectivity index is -0.000000229. The van der Waals surface area contributed by atoms with Crippen LogP contribution in [0.1, 0.15) is 239 Å². The zero-order chi connectivity index (χ0) is 44.7. The molecule has 0 unspecified atom stereocenters. The second-order valence-electron chi connectivity index (χ2n) is 19.2. The Bertz CT molecular complexity index is 955. The molecule has 0 aromatic carbocycles. The van der Waals surface area contributed by atoms with Crippen molar-refractivity contribution in [3.8, 4) is 0 Å². The molecule has 0 spiro atoms. The third kappa shape index (κ3) is 64.9. The van der Waals surface area contributed by atoms with Crippen LogP contribution in [0.15, 0.2) is 0 Å². The van der Waals surface area contributed by atoms with E-state index in [2.05, 4.69) is 80.9 Å². The van der Waals surface area contributed by atoms with Gasteiger partial charge in [-0.1, -0.05) is 193 Å². The number of unbranched alkanes of at least 4 members (excludes halogenated alkanes) is 13. The van der Waals surface area contributed by atoms with Crippen molar-refractivity contribution in [2.45, 2.75) is 239 Å². The predicted molar refractivity (Wildman–Crippen MR) is 250 cm³/mol. The Kier molecular flexibility index (Phi) is 46.7. The van der Waals surface area contributed by atoms with E-state index in [1.54, 1.807) is 14.0 Å². The number of carbonyl (C=O) groups excluding carboxylic acids is 2. The highest BCUT2D eigenvalue weighted by molar-refractivity contribution is 7.88. The van der Waals surface area contributed by atoms with E-state index in [0.29, 0.717) is 30.1 Å². The largest absolute Gasteiger partial charge is 0.385 e. The average Bonchev–Trinajstić information content (AvgIpc) is 3.11.